The number of hydrogen-bond acceptors (Lipinski definition) is 5. The van der Waals surface area contributed by atoms with Gasteiger partial charge in [0, 0.05) is 31.9 Å². The Morgan fingerprint density at radius 1 is 1.11 bits per heavy atom. The van der Waals surface area contributed by atoms with Crippen LogP contribution in [-0.4, -0.2) is 65.4 Å². The molecule has 1 N–H and O–H groups in total. The molecule has 2 amide bonds. The minimum atomic E-state index is -3.91. The third-order valence-electron chi connectivity index (χ3n) is 6.86. The van der Waals surface area contributed by atoms with Crippen LogP contribution in [0.4, 0.5) is 10.1 Å². The molecule has 0 spiro atoms. The van der Waals surface area contributed by atoms with Crippen molar-refractivity contribution in [2.45, 2.75) is 57.9 Å². The van der Waals surface area contributed by atoms with Gasteiger partial charge in [-0.2, -0.15) is 9.40 Å². The molecule has 4 rings (SSSR count). The smallest absolute Gasteiger partial charge is 0.246 e. The van der Waals surface area contributed by atoms with Crippen molar-refractivity contribution < 1.29 is 22.4 Å². The van der Waals surface area contributed by atoms with Crippen molar-refractivity contribution in [1.82, 2.24) is 19.0 Å². The molecule has 11 heteroatoms. The molecule has 35 heavy (non-hydrogen) atoms. The number of hydrogen-bond donors (Lipinski definition) is 1. The van der Waals surface area contributed by atoms with E-state index in [4.69, 9.17) is 0 Å². The van der Waals surface area contributed by atoms with Crippen molar-refractivity contribution in [3.05, 3.63) is 41.0 Å². The van der Waals surface area contributed by atoms with Gasteiger partial charge < -0.3 is 10.2 Å². The Labute approximate surface area is 205 Å². The zero-order chi connectivity index (χ0) is 25.3. The summed E-state index contributed by atoms with van der Waals surface area (Å²) in [5.74, 6) is -1.28. The van der Waals surface area contributed by atoms with E-state index >= 15 is 0 Å². The Kier molecular flexibility index (Phi) is 7.27. The quantitative estimate of drug-likeness (QED) is 0.650. The molecule has 2 fully saturated rings. The second kappa shape index (κ2) is 10.1. The SMILES string of the molecule is Cc1cc(F)ccc1NC(=O)C1CCCN(S(=O)(=O)c2c(C)nn(CC(=O)N3CCCC3)c2C)C1. The van der Waals surface area contributed by atoms with Gasteiger partial charge in [-0.25, -0.2) is 12.8 Å². The molecule has 0 bridgehead atoms. The van der Waals surface area contributed by atoms with Gasteiger partial charge in [-0.05, 0) is 70.2 Å². The summed E-state index contributed by atoms with van der Waals surface area (Å²) >= 11 is 0. The molecule has 9 nitrogen and oxygen atoms in total. The van der Waals surface area contributed by atoms with Crippen molar-refractivity contribution >= 4 is 27.5 Å². The first-order chi connectivity index (χ1) is 16.6. The topological polar surface area (TPSA) is 105 Å². The van der Waals surface area contributed by atoms with Crippen molar-refractivity contribution in [3.63, 3.8) is 0 Å². The first-order valence-electron chi connectivity index (χ1n) is 12.0. The number of amides is 2. The molecular formula is C24H32FN5O4S. The van der Waals surface area contributed by atoms with E-state index < -0.39 is 15.9 Å². The number of anilines is 1. The number of piperidine rings is 1. The normalized spacial score (nSPS) is 19.2. The monoisotopic (exact) mass is 505 g/mol. The number of nitrogens with one attached hydrogen (secondary N) is 1. The Morgan fingerprint density at radius 3 is 2.51 bits per heavy atom. The largest absolute Gasteiger partial charge is 0.341 e. The fourth-order valence-electron chi connectivity index (χ4n) is 4.91. The first kappa shape index (κ1) is 25.3. The maximum atomic E-state index is 13.6. The number of halogens is 1. The van der Waals surface area contributed by atoms with E-state index in [0.29, 0.717) is 42.0 Å². The lowest BCUT2D eigenvalue weighted by molar-refractivity contribution is -0.131. The second-order valence-corrected chi connectivity index (χ2v) is 11.3. The summed E-state index contributed by atoms with van der Waals surface area (Å²) in [7, 11) is -3.91. The van der Waals surface area contributed by atoms with Crippen LogP contribution in [0.1, 0.15) is 42.6 Å². The van der Waals surface area contributed by atoms with E-state index in [1.54, 1.807) is 25.7 Å². The van der Waals surface area contributed by atoms with E-state index in [9.17, 15) is 22.4 Å². The number of aryl methyl sites for hydroxylation is 2. The molecule has 2 saturated heterocycles. The van der Waals surface area contributed by atoms with Gasteiger partial charge in [0.05, 0.1) is 17.3 Å². The predicted molar refractivity (Wildman–Crippen MR) is 129 cm³/mol. The van der Waals surface area contributed by atoms with E-state index in [0.717, 1.165) is 25.9 Å². The van der Waals surface area contributed by atoms with Crippen LogP contribution in [0.15, 0.2) is 23.1 Å². The minimum absolute atomic E-state index is 0.00421. The third-order valence-corrected chi connectivity index (χ3v) is 8.98. The predicted octanol–water partition coefficient (Wildman–Crippen LogP) is 2.61. The fourth-order valence-corrected chi connectivity index (χ4v) is 6.81. The first-order valence-corrected chi connectivity index (χ1v) is 13.4. The fraction of sp³-hybridized carbons (Fsp3) is 0.542. The Bertz CT molecular complexity index is 1240. The number of rotatable bonds is 6. The summed E-state index contributed by atoms with van der Waals surface area (Å²) in [4.78, 5) is 27.4. The minimum Gasteiger partial charge on any atom is -0.341 e. The standard InChI is InChI=1S/C24H32FN5O4S/c1-16-13-20(25)8-9-21(16)26-24(32)19-7-6-12-29(14-19)35(33,34)23-17(2)27-30(18(23)3)15-22(31)28-10-4-5-11-28/h8-9,13,19H,4-7,10-12,14-15H2,1-3H3,(H,26,32). The highest BCUT2D eigenvalue weighted by atomic mass is 32.2. The molecule has 0 aliphatic carbocycles. The molecule has 1 aromatic carbocycles. The molecule has 1 unspecified atom stereocenters. The molecule has 0 saturated carbocycles. The van der Waals surface area contributed by atoms with Crippen LogP contribution in [0.25, 0.3) is 0 Å². The molecule has 2 aromatic rings. The van der Waals surface area contributed by atoms with Gasteiger partial charge in [0.25, 0.3) is 0 Å². The van der Waals surface area contributed by atoms with Gasteiger partial charge in [-0.15, -0.1) is 0 Å². The van der Waals surface area contributed by atoms with Crippen LogP contribution in [0, 0.1) is 32.5 Å². The lowest BCUT2D eigenvalue weighted by Gasteiger charge is -2.31. The Hall–Kier alpha value is -2.79. The summed E-state index contributed by atoms with van der Waals surface area (Å²) in [6, 6.07) is 4.12. The lowest BCUT2D eigenvalue weighted by atomic mass is 9.98. The van der Waals surface area contributed by atoms with Crippen LogP contribution in [0.3, 0.4) is 0 Å². The number of sulfonamides is 1. The number of aromatic nitrogens is 2. The number of nitrogens with zero attached hydrogens (tertiary/aromatic N) is 4. The summed E-state index contributed by atoms with van der Waals surface area (Å²) in [5.41, 5.74) is 1.86. The van der Waals surface area contributed by atoms with Gasteiger partial charge in [0.15, 0.2) is 0 Å². The molecule has 1 aromatic heterocycles. The lowest BCUT2D eigenvalue weighted by Crippen LogP contribution is -2.44. The maximum absolute atomic E-state index is 13.6. The zero-order valence-electron chi connectivity index (χ0n) is 20.4. The van der Waals surface area contributed by atoms with E-state index in [-0.39, 0.29) is 35.6 Å². The Balaban J connectivity index is 1.49. The van der Waals surface area contributed by atoms with Crippen LogP contribution < -0.4 is 5.32 Å². The zero-order valence-corrected chi connectivity index (χ0v) is 21.2. The average Bonchev–Trinajstić information content (AvgIpc) is 3.44. The van der Waals surface area contributed by atoms with Crippen LogP contribution >= 0.6 is 0 Å². The van der Waals surface area contributed by atoms with Gasteiger partial charge in [-0.3, -0.25) is 14.3 Å². The molecule has 1 atom stereocenters. The van der Waals surface area contributed by atoms with E-state index in [1.807, 2.05) is 0 Å². The van der Waals surface area contributed by atoms with Gasteiger partial charge >= 0.3 is 0 Å². The highest BCUT2D eigenvalue weighted by Crippen LogP contribution is 2.29. The van der Waals surface area contributed by atoms with Crippen molar-refractivity contribution in [1.29, 1.82) is 0 Å². The van der Waals surface area contributed by atoms with Crippen molar-refractivity contribution in [3.8, 4) is 0 Å². The van der Waals surface area contributed by atoms with Gasteiger partial charge in [0.2, 0.25) is 21.8 Å². The third kappa shape index (κ3) is 5.25. The molecule has 190 valence electrons. The maximum Gasteiger partial charge on any atom is 0.246 e. The summed E-state index contributed by atoms with van der Waals surface area (Å²) in [5, 5.41) is 7.17. The average molecular weight is 506 g/mol. The number of benzene rings is 1. The molecule has 2 aliphatic heterocycles. The highest BCUT2D eigenvalue weighted by molar-refractivity contribution is 7.89. The Morgan fingerprint density at radius 2 is 1.83 bits per heavy atom. The summed E-state index contributed by atoms with van der Waals surface area (Å²) in [6.45, 7) is 6.79. The highest BCUT2D eigenvalue weighted by Gasteiger charge is 2.37. The number of carbonyl (C=O) groups excluding carboxylic acids is 2. The van der Waals surface area contributed by atoms with Crippen molar-refractivity contribution in [2.75, 3.05) is 31.5 Å². The summed E-state index contributed by atoms with van der Waals surface area (Å²) in [6.07, 6.45) is 3.05. The van der Waals surface area contributed by atoms with Gasteiger partial charge in [0.1, 0.15) is 17.3 Å². The summed E-state index contributed by atoms with van der Waals surface area (Å²) < 4.78 is 43.4. The van der Waals surface area contributed by atoms with Crippen molar-refractivity contribution in [2.24, 2.45) is 5.92 Å². The van der Waals surface area contributed by atoms with E-state index in [1.165, 1.54) is 27.2 Å². The van der Waals surface area contributed by atoms with Gasteiger partial charge in [-0.1, -0.05) is 0 Å². The molecule has 0 radical (unpaired) electrons. The number of carbonyl (C=O) groups is 2. The second-order valence-electron chi connectivity index (χ2n) is 9.40. The molecular weight excluding hydrogens is 473 g/mol. The van der Waals surface area contributed by atoms with Crippen LogP contribution in [-0.2, 0) is 26.2 Å². The number of likely N-dealkylation sites (tertiary alicyclic amines) is 1. The molecule has 3 heterocycles. The molecule has 2 aliphatic rings. The van der Waals surface area contributed by atoms with E-state index in [2.05, 4.69) is 10.4 Å². The van der Waals surface area contributed by atoms with Crippen LogP contribution in [0.5, 0.6) is 0 Å². The van der Waals surface area contributed by atoms with Crippen LogP contribution in [0.2, 0.25) is 0 Å².